The lowest BCUT2D eigenvalue weighted by Crippen LogP contribution is -2.25. The first-order valence-corrected chi connectivity index (χ1v) is 10.3. The van der Waals surface area contributed by atoms with Crippen LogP contribution in [0.25, 0.3) is 16.9 Å². The number of para-hydroxylation sites is 1. The number of aryl methyl sites for hydroxylation is 1. The van der Waals surface area contributed by atoms with Crippen LogP contribution in [0.3, 0.4) is 0 Å². The normalized spacial score (nSPS) is 11.3. The summed E-state index contributed by atoms with van der Waals surface area (Å²) in [6.45, 7) is 2.83. The zero-order chi connectivity index (χ0) is 25.2. The van der Waals surface area contributed by atoms with Crippen molar-refractivity contribution in [2.24, 2.45) is 0 Å². The van der Waals surface area contributed by atoms with Gasteiger partial charge in [-0.1, -0.05) is 18.2 Å². The molecule has 0 saturated carbocycles. The van der Waals surface area contributed by atoms with E-state index in [9.17, 15) is 22.8 Å². The molecule has 9 nitrogen and oxygen atoms in total. The number of nitrogens with zero attached hydrogens (tertiary/aromatic N) is 4. The van der Waals surface area contributed by atoms with Crippen LogP contribution in [0.2, 0.25) is 0 Å². The zero-order valence-corrected chi connectivity index (χ0v) is 18.6. The van der Waals surface area contributed by atoms with Gasteiger partial charge in [0.05, 0.1) is 23.1 Å². The van der Waals surface area contributed by atoms with Crippen LogP contribution >= 0.6 is 0 Å². The Morgan fingerprint density at radius 1 is 1.14 bits per heavy atom. The number of amides is 2. The minimum atomic E-state index is -4.85. The number of hydrogen-bond acceptors (Lipinski definition) is 6. The predicted octanol–water partition coefficient (Wildman–Crippen LogP) is 3.89. The van der Waals surface area contributed by atoms with Gasteiger partial charge in [0, 0.05) is 30.8 Å². The van der Waals surface area contributed by atoms with Crippen LogP contribution in [0.4, 0.5) is 19.0 Å². The van der Waals surface area contributed by atoms with Crippen LogP contribution in [0, 0.1) is 6.92 Å². The summed E-state index contributed by atoms with van der Waals surface area (Å²) in [5, 5.41) is 9.64. The molecule has 0 unspecified atom stereocenters. The average molecular weight is 484 g/mol. The quantitative estimate of drug-likeness (QED) is 0.430. The van der Waals surface area contributed by atoms with Gasteiger partial charge in [-0.2, -0.15) is 5.10 Å². The molecule has 0 bridgehead atoms. The van der Waals surface area contributed by atoms with Crippen LogP contribution in [-0.4, -0.2) is 37.8 Å². The van der Waals surface area contributed by atoms with E-state index in [2.05, 4.69) is 30.4 Å². The van der Waals surface area contributed by atoms with Gasteiger partial charge < -0.3 is 15.4 Å². The Balaban J connectivity index is 1.55. The van der Waals surface area contributed by atoms with Crippen molar-refractivity contribution in [1.29, 1.82) is 0 Å². The number of rotatable bonds is 6. The molecular weight excluding hydrogens is 465 g/mol. The zero-order valence-electron chi connectivity index (χ0n) is 18.6. The van der Waals surface area contributed by atoms with E-state index in [1.165, 1.54) is 29.6 Å². The smallest absolute Gasteiger partial charge is 0.405 e. The molecule has 180 valence electrons. The van der Waals surface area contributed by atoms with Gasteiger partial charge in [-0.05, 0) is 31.2 Å². The van der Waals surface area contributed by atoms with Crippen LogP contribution in [-0.2, 0) is 11.3 Å². The third-order valence-electron chi connectivity index (χ3n) is 4.89. The summed E-state index contributed by atoms with van der Waals surface area (Å²) in [5.74, 6) is -0.825. The number of hydrogen-bond donors (Lipinski definition) is 2. The number of ether oxygens (including phenoxy) is 1. The van der Waals surface area contributed by atoms with E-state index in [1.807, 2.05) is 0 Å². The summed E-state index contributed by atoms with van der Waals surface area (Å²) in [6.07, 6.45) is -1.74. The van der Waals surface area contributed by atoms with Gasteiger partial charge >= 0.3 is 6.36 Å². The fraction of sp³-hybridized carbons (Fsp3) is 0.174. The van der Waals surface area contributed by atoms with Crippen molar-refractivity contribution in [3.8, 4) is 17.0 Å². The largest absolute Gasteiger partial charge is 0.573 e. The second kappa shape index (κ2) is 9.41. The van der Waals surface area contributed by atoms with E-state index >= 15 is 0 Å². The van der Waals surface area contributed by atoms with Gasteiger partial charge in [-0.25, -0.2) is 9.50 Å². The fourth-order valence-corrected chi connectivity index (χ4v) is 3.32. The summed E-state index contributed by atoms with van der Waals surface area (Å²) in [5.41, 5.74) is 2.39. The standard InChI is InChI=1S/C23H19F3N6O3/c1-13-17(22(34)28-10-15-5-3-4-6-19(15)35-23(24,25)26)9-16(11-27-13)18-7-8-21-30-20(29-14(2)33)12-32(21)31-18/h3-9,11-12H,10H2,1-2H3,(H,28,34)(H,29,33). The second-order valence-corrected chi connectivity index (χ2v) is 7.52. The molecule has 3 aromatic heterocycles. The third kappa shape index (κ3) is 5.72. The van der Waals surface area contributed by atoms with E-state index in [4.69, 9.17) is 0 Å². The summed E-state index contributed by atoms with van der Waals surface area (Å²) >= 11 is 0. The molecule has 2 N–H and O–H groups in total. The Labute approximate surface area is 197 Å². The van der Waals surface area contributed by atoms with Gasteiger partial charge in [-0.15, -0.1) is 13.2 Å². The first kappa shape index (κ1) is 23.7. The number of fused-ring (bicyclic) bond motifs is 1. The van der Waals surface area contributed by atoms with Crippen LogP contribution in [0.15, 0.2) is 54.9 Å². The highest BCUT2D eigenvalue weighted by Crippen LogP contribution is 2.26. The maximum absolute atomic E-state index is 12.8. The van der Waals surface area contributed by atoms with E-state index in [0.717, 1.165) is 0 Å². The van der Waals surface area contributed by atoms with Gasteiger partial charge in [0.15, 0.2) is 11.5 Å². The number of anilines is 1. The molecule has 3 heterocycles. The number of alkyl halides is 3. The summed E-state index contributed by atoms with van der Waals surface area (Å²) in [4.78, 5) is 32.6. The number of imidazole rings is 1. The SMILES string of the molecule is CC(=O)Nc1cn2nc(-c3cnc(C)c(C(=O)NCc4ccccc4OC(F)(F)F)c3)ccc2n1. The highest BCUT2D eigenvalue weighted by atomic mass is 19.4. The van der Waals surface area contributed by atoms with Gasteiger partial charge in [0.25, 0.3) is 5.91 Å². The number of nitrogens with one attached hydrogen (secondary N) is 2. The van der Waals surface area contributed by atoms with Gasteiger partial charge in [0.2, 0.25) is 5.91 Å². The Hall–Kier alpha value is -4.48. The Morgan fingerprint density at radius 3 is 2.66 bits per heavy atom. The maximum atomic E-state index is 12.8. The highest BCUT2D eigenvalue weighted by Gasteiger charge is 2.32. The molecule has 0 aliphatic carbocycles. The van der Waals surface area contributed by atoms with E-state index in [-0.39, 0.29) is 29.3 Å². The topological polar surface area (TPSA) is 111 Å². The number of halogens is 3. The van der Waals surface area contributed by atoms with Crippen molar-refractivity contribution in [2.75, 3.05) is 5.32 Å². The van der Waals surface area contributed by atoms with E-state index in [1.54, 1.807) is 43.6 Å². The van der Waals surface area contributed by atoms with Crippen LogP contribution in [0.5, 0.6) is 5.75 Å². The van der Waals surface area contributed by atoms with Crippen LogP contribution in [0.1, 0.15) is 28.5 Å². The predicted molar refractivity (Wildman–Crippen MR) is 120 cm³/mol. The van der Waals surface area contributed by atoms with Crippen molar-refractivity contribution in [3.63, 3.8) is 0 Å². The molecule has 1 aromatic carbocycles. The molecule has 0 aliphatic heterocycles. The van der Waals surface area contributed by atoms with Crippen molar-refractivity contribution in [2.45, 2.75) is 26.8 Å². The average Bonchev–Trinajstić information content (AvgIpc) is 3.18. The Morgan fingerprint density at radius 2 is 1.91 bits per heavy atom. The third-order valence-corrected chi connectivity index (χ3v) is 4.89. The molecule has 0 aliphatic rings. The number of aromatic nitrogens is 4. The maximum Gasteiger partial charge on any atom is 0.573 e. The summed E-state index contributed by atoms with van der Waals surface area (Å²) in [6, 6.07) is 10.6. The monoisotopic (exact) mass is 484 g/mol. The highest BCUT2D eigenvalue weighted by molar-refractivity contribution is 5.96. The molecule has 0 atom stereocenters. The van der Waals surface area contributed by atoms with Crippen molar-refractivity contribution < 1.29 is 27.5 Å². The van der Waals surface area contributed by atoms with Crippen molar-refractivity contribution in [1.82, 2.24) is 24.9 Å². The second-order valence-electron chi connectivity index (χ2n) is 7.52. The molecule has 12 heteroatoms. The Kier molecular flexibility index (Phi) is 6.36. The molecule has 35 heavy (non-hydrogen) atoms. The van der Waals surface area contributed by atoms with E-state index < -0.39 is 12.3 Å². The summed E-state index contributed by atoms with van der Waals surface area (Å²) < 4.78 is 43.5. The lowest BCUT2D eigenvalue weighted by molar-refractivity contribution is -0.274. The molecule has 2 amide bonds. The fourth-order valence-electron chi connectivity index (χ4n) is 3.32. The molecule has 0 radical (unpaired) electrons. The number of pyridine rings is 1. The van der Waals surface area contributed by atoms with Crippen LogP contribution < -0.4 is 15.4 Å². The molecular formula is C23H19F3N6O3. The van der Waals surface area contributed by atoms with E-state index in [0.29, 0.717) is 28.4 Å². The summed E-state index contributed by atoms with van der Waals surface area (Å²) in [7, 11) is 0. The molecule has 0 saturated heterocycles. The lowest BCUT2D eigenvalue weighted by atomic mass is 10.1. The minimum absolute atomic E-state index is 0.169. The first-order valence-electron chi connectivity index (χ1n) is 10.3. The van der Waals surface area contributed by atoms with Gasteiger partial charge in [-0.3, -0.25) is 14.6 Å². The number of benzene rings is 1. The molecule has 0 fully saturated rings. The van der Waals surface area contributed by atoms with Crippen molar-refractivity contribution in [3.05, 3.63) is 71.7 Å². The van der Waals surface area contributed by atoms with Gasteiger partial charge in [0.1, 0.15) is 5.75 Å². The Bertz CT molecular complexity index is 1420. The minimum Gasteiger partial charge on any atom is -0.405 e. The number of carbonyl (C=O) groups is 2. The molecule has 4 aromatic rings. The molecule has 4 rings (SSSR count). The number of carbonyl (C=O) groups excluding carboxylic acids is 2. The first-order chi connectivity index (χ1) is 16.6. The lowest BCUT2D eigenvalue weighted by Gasteiger charge is -2.14. The molecule has 0 spiro atoms. The van der Waals surface area contributed by atoms with Crippen molar-refractivity contribution >= 4 is 23.3 Å².